The summed E-state index contributed by atoms with van der Waals surface area (Å²) in [5.41, 5.74) is 1.69. The Morgan fingerprint density at radius 3 is 2.42 bits per heavy atom. The normalized spacial score (nSPS) is 11.6. The van der Waals surface area contributed by atoms with Crippen molar-refractivity contribution < 1.29 is 13.2 Å². The van der Waals surface area contributed by atoms with Gasteiger partial charge in [0, 0.05) is 23.3 Å². The Hall–Kier alpha value is -1.55. The predicted octanol–water partition coefficient (Wildman–Crippen LogP) is 4.65. The van der Waals surface area contributed by atoms with E-state index in [1.165, 1.54) is 6.07 Å². The van der Waals surface area contributed by atoms with E-state index in [9.17, 15) is 13.2 Å². The van der Waals surface area contributed by atoms with E-state index < -0.39 is 11.7 Å². The molecule has 0 spiro atoms. The number of pyridine rings is 1. The molecule has 0 radical (unpaired) electrons. The molecular formula is C14H11ClF3N. The fourth-order valence-corrected chi connectivity index (χ4v) is 1.91. The van der Waals surface area contributed by atoms with E-state index >= 15 is 0 Å². The summed E-state index contributed by atoms with van der Waals surface area (Å²) in [5.74, 6) is 0. The monoisotopic (exact) mass is 285 g/mol. The number of nitrogens with zero attached hydrogens (tertiary/aromatic N) is 1. The molecule has 2 aromatic rings. The van der Waals surface area contributed by atoms with Crippen LogP contribution in [-0.4, -0.2) is 4.98 Å². The van der Waals surface area contributed by atoms with Gasteiger partial charge in [-0.1, -0.05) is 23.7 Å². The van der Waals surface area contributed by atoms with E-state index in [1.807, 2.05) is 19.1 Å². The quantitative estimate of drug-likeness (QED) is 0.782. The molecule has 0 saturated carbocycles. The van der Waals surface area contributed by atoms with Crippen LogP contribution in [0.4, 0.5) is 13.2 Å². The Labute approximate surface area is 114 Å². The molecule has 0 aliphatic heterocycles. The molecule has 0 aliphatic carbocycles. The fraction of sp³-hybridized carbons (Fsp3) is 0.214. The number of hydrogen-bond acceptors (Lipinski definition) is 1. The third-order valence-corrected chi connectivity index (χ3v) is 3.08. The maximum atomic E-state index is 12.5. The largest absolute Gasteiger partial charge is 0.416 e. The van der Waals surface area contributed by atoms with E-state index in [-0.39, 0.29) is 5.02 Å². The van der Waals surface area contributed by atoms with Crippen molar-refractivity contribution in [2.24, 2.45) is 0 Å². The molecule has 0 unspecified atom stereocenters. The van der Waals surface area contributed by atoms with E-state index in [1.54, 1.807) is 6.20 Å². The first-order chi connectivity index (χ1) is 8.86. The van der Waals surface area contributed by atoms with Crippen LogP contribution < -0.4 is 0 Å². The minimum atomic E-state index is -4.37. The van der Waals surface area contributed by atoms with Gasteiger partial charge in [0.15, 0.2) is 0 Å². The highest BCUT2D eigenvalue weighted by Crippen LogP contribution is 2.32. The second-order valence-electron chi connectivity index (χ2n) is 4.31. The van der Waals surface area contributed by atoms with Crippen LogP contribution in [0.5, 0.6) is 0 Å². The highest BCUT2D eigenvalue weighted by atomic mass is 35.5. The van der Waals surface area contributed by atoms with E-state index in [4.69, 9.17) is 11.6 Å². The van der Waals surface area contributed by atoms with E-state index in [0.717, 1.165) is 23.4 Å². The second-order valence-corrected chi connectivity index (χ2v) is 4.71. The van der Waals surface area contributed by atoms with Crippen molar-refractivity contribution in [1.82, 2.24) is 4.98 Å². The number of aromatic nitrogens is 1. The van der Waals surface area contributed by atoms with Crippen LogP contribution in [0.3, 0.4) is 0 Å². The van der Waals surface area contributed by atoms with Crippen molar-refractivity contribution in [3.05, 3.63) is 63.9 Å². The number of hydrogen-bond donors (Lipinski definition) is 0. The molecule has 0 amide bonds. The maximum Gasteiger partial charge on any atom is 0.416 e. The summed E-state index contributed by atoms with van der Waals surface area (Å²) >= 11 is 5.89. The summed E-state index contributed by atoms with van der Waals surface area (Å²) < 4.78 is 37.5. The average molecular weight is 286 g/mol. The van der Waals surface area contributed by atoms with Gasteiger partial charge in [0.1, 0.15) is 0 Å². The zero-order valence-corrected chi connectivity index (χ0v) is 10.9. The fourth-order valence-electron chi connectivity index (χ4n) is 1.67. The lowest BCUT2D eigenvalue weighted by atomic mass is 10.1. The smallest absolute Gasteiger partial charge is 0.261 e. The molecule has 0 saturated heterocycles. The number of aryl methyl sites for hydroxylation is 1. The summed E-state index contributed by atoms with van der Waals surface area (Å²) in [6.45, 7) is 1.92. The minimum absolute atomic E-state index is 0.109. The number of benzene rings is 1. The summed E-state index contributed by atoms with van der Waals surface area (Å²) in [5, 5.41) is 0.109. The standard InChI is InChI=1S/C14H11ClF3N/c1-9-2-5-12(19-8-9)6-10-3-4-11(7-13(10)15)14(16,17)18/h2-5,7-8H,6H2,1H3. The Balaban J connectivity index is 2.24. The van der Waals surface area contributed by atoms with Gasteiger partial charge in [0.05, 0.1) is 5.56 Å². The van der Waals surface area contributed by atoms with E-state index in [0.29, 0.717) is 12.0 Å². The predicted molar refractivity (Wildman–Crippen MR) is 68.2 cm³/mol. The van der Waals surface area contributed by atoms with Crippen molar-refractivity contribution >= 4 is 11.6 Å². The maximum absolute atomic E-state index is 12.5. The van der Waals surface area contributed by atoms with Gasteiger partial charge in [0.2, 0.25) is 0 Å². The number of rotatable bonds is 2. The van der Waals surface area contributed by atoms with Crippen LogP contribution in [-0.2, 0) is 12.6 Å². The van der Waals surface area contributed by atoms with Crippen LogP contribution in [0.2, 0.25) is 5.02 Å². The van der Waals surface area contributed by atoms with Crippen molar-refractivity contribution in [3.63, 3.8) is 0 Å². The van der Waals surface area contributed by atoms with Crippen molar-refractivity contribution in [3.8, 4) is 0 Å². The molecule has 0 atom stereocenters. The lowest BCUT2D eigenvalue weighted by molar-refractivity contribution is -0.137. The Bertz CT molecular complexity index is 576. The first-order valence-electron chi connectivity index (χ1n) is 5.63. The van der Waals surface area contributed by atoms with Gasteiger partial charge >= 0.3 is 6.18 Å². The molecule has 1 nitrogen and oxygen atoms in total. The summed E-state index contributed by atoms with van der Waals surface area (Å²) in [6.07, 6.45) is -2.24. The van der Waals surface area contributed by atoms with Gasteiger partial charge in [-0.25, -0.2) is 0 Å². The van der Waals surface area contributed by atoms with Gasteiger partial charge < -0.3 is 0 Å². The first kappa shape index (κ1) is 13.9. The van der Waals surface area contributed by atoms with Gasteiger partial charge in [-0.2, -0.15) is 13.2 Å². The van der Waals surface area contributed by atoms with Crippen LogP contribution in [0.1, 0.15) is 22.4 Å². The summed E-state index contributed by atoms with van der Waals surface area (Å²) in [6, 6.07) is 7.12. The lowest BCUT2D eigenvalue weighted by Gasteiger charge is -2.09. The molecule has 0 bridgehead atoms. The molecule has 2 rings (SSSR count). The zero-order chi connectivity index (χ0) is 14.0. The second kappa shape index (κ2) is 5.21. The van der Waals surface area contributed by atoms with Gasteiger partial charge in [-0.05, 0) is 36.2 Å². The van der Waals surface area contributed by atoms with Gasteiger partial charge in [-0.3, -0.25) is 4.98 Å². The van der Waals surface area contributed by atoms with Crippen molar-refractivity contribution in [2.75, 3.05) is 0 Å². The minimum Gasteiger partial charge on any atom is -0.261 e. The highest BCUT2D eigenvalue weighted by molar-refractivity contribution is 6.31. The van der Waals surface area contributed by atoms with Crippen LogP contribution in [0.25, 0.3) is 0 Å². The molecule has 0 N–H and O–H groups in total. The highest BCUT2D eigenvalue weighted by Gasteiger charge is 2.30. The third kappa shape index (κ3) is 3.47. The topological polar surface area (TPSA) is 12.9 Å². The Morgan fingerprint density at radius 1 is 1.16 bits per heavy atom. The SMILES string of the molecule is Cc1ccc(Cc2ccc(C(F)(F)F)cc2Cl)nc1. The molecule has 100 valence electrons. The molecule has 19 heavy (non-hydrogen) atoms. The zero-order valence-electron chi connectivity index (χ0n) is 10.1. The molecular weight excluding hydrogens is 275 g/mol. The van der Waals surface area contributed by atoms with Crippen LogP contribution >= 0.6 is 11.6 Å². The number of halogens is 4. The van der Waals surface area contributed by atoms with Gasteiger partial charge in [0.25, 0.3) is 0 Å². The van der Waals surface area contributed by atoms with Crippen LogP contribution in [0, 0.1) is 6.92 Å². The molecule has 0 aliphatic rings. The average Bonchev–Trinajstić information content (AvgIpc) is 2.33. The van der Waals surface area contributed by atoms with Gasteiger partial charge in [-0.15, -0.1) is 0 Å². The molecule has 1 aromatic carbocycles. The Morgan fingerprint density at radius 2 is 1.89 bits per heavy atom. The third-order valence-electron chi connectivity index (χ3n) is 2.72. The van der Waals surface area contributed by atoms with E-state index in [2.05, 4.69) is 4.98 Å². The molecule has 1 aromatic heterocycles. The summed E-state index contributed by atoms with van der Waals surface area (Å²) in [4.78, 5) is 4.20. The molecule has 0 fully saturated rings. The number of alkyl halides is 3. The molecule has 1 heterocycles. The first-order valence-corrected chi connectivity index (χ1v) is 6.01. The van der Waals surface area contributed by atoms with Crippen molar-refractivity contribution in [2.45, 2.75) is 19.5 Å². The van der Waals surface area contributed by atoms with Crippen LogP contribution in [0.15, 0.2) is 36.5 Å². The van der Waals surface area contributed by atoms with Crippen molar-refractivity contribution in [1.29, 1.82) is 0 Å². The summed E-state index contributed by atoms with van der Waals surface area (Å²) in [7, 11) is 0. The lowest BCUT2D eigenvalue weighted by Crippen LogP contribution is -2.05. The Kier molecular flexibility index (Phi) is 3.80. The molecule has 5 heteroatoms.